The van der Waals surface area contributed by atoms with Gasteiger partial charge in [0.2, 0.25) is 11.8 Å². The predicted octanol–water partition coefficient (Wildman–Crippen LogP) is 3.93. The van der Waals surface area contributed by atoms with Crippen LogP contribution in [0.5, 0.6) is 5.88 Å². The van der Waals surface area contributed by atoms with E-state index >= 15 is 0 Å². The number of sulfonamides is 1. The molecule has 0 spiro atoms. The van der Waals surface area contributed by atoms with Crippen molar-refractivity contribution in [3.63, 3.8) is 0 Å². The maximum absolute atomic E-state index is 12.9. The lowest BCUT2D eigenvalue weighted by molar-refractivity contribution is -0.0429. The molecular weight excluding hydrogens is 551 g/mol. The van der Waals surface area contributed by atoms with E-state index < -0.39 is 21.2 Å². The van der Waals surface area contributed by atoms with E-state index in [-0.39, 0.29) is 5.88 Å². The van der Waals surface area contributed by atoms with Crippen LogP contribution in [0.25, 0.3) is 21.5 Å². The Labute approximate surface area is 199 Å². The van der Waals surface area contributed by atoms with Gasteiger partial charge in [0, 0.05) is 29.7 Å². The Kier molecular flexibility index (Phi) is 6.41. The molecule has 4 rings (SSSR count). The number of nitrogens with one attached hydrogen (secondary N) is 1. The molecule has 1 fully saturated rings. The van der Waals surface area contributed by atoms with Crippen molar-refractivity contribution in [3.05, 3.63) is 21.6 Å². The second-order valence-electron chi connectivity index (χ2n) is 6.95. The highest BCUT2D eigenvalue weighted by atomic mass is 79.9. The molecule has 0 saturated carbocycles. The Bertz CT molecular complexity index is 1310. The van der Waals surface area contributed by atoms with Gasteiger partial charge in [-0.05, 0) is 28.9 Å². The lowest BCUT2D eigenvalue weighted by atomic mass is 10.1. The van der Waals surface area contributed by atoms with Crippen molar-refractivity contribution in [2.75, 3.05) is 43.0 Å². The van der Waals surface area contributed by atoms with E-state index in [4.69, 9.17) is 9.47 Å². The monoisotopic (exact) mass is 567 g/mol. The molecule has 9 nitrogen and oxygen atoms in total. The van der Waals surface area contributed by atoms with Crippen molar-refractivity contribution < 1.29 is 31.1 Å². The summed E-state index contributed by atoms with van der Waals surface area (Å²) in [5, 5.41) is 0. The summed E-state index contributed by atoms with van der Waals surface area (Å²) in [4.78, 5) is 16.2. The summed E-state index contributed by atoms with van der Waals surface area (Å²) in [6, 6.07) is 1.21. The number of thiophene rings is 1. The first kappa shape index (κ1) is 23.9. The van der Waals surface area contributed by atoms with Gasteiger partial charge in [0.25, 0.3) is 0 Å². The van der Waals surface area contributed by atoms with Gasteiger partial charge in [0.15, 0.2) is 0 Å². The Morgan fingerprint density at radius 1 is 1.27 bits per heavy atom. The molecule has 0 unspecified atom stereocenters. The van der Waals surface area contributed by atoms with Gasteiger partial charge in [-0.1, -0.05) is 0 Å². The summed E-state index contributed by atoms with van der Waals surface area (Å²) in [5.41, 5.74) is -4.62. The molecule has 15 heteroatoms. The molecular formula is C18H17BrF3N5O4S2. The molecule has 1 aliphatic heterocycles. The van der Waals surface area contributed by atoms with Crippen molar-refractivity contribution in [2.24, 2.45) is 0 Å². The summed E-state index contributed by atoms with van der Waals surface area (Å²) in [5.74, 6) is 0.112. The number of hydrogen-bond donors (Lipinski definition) is 1. The highest BCUT2D eigenvalue weighted by molar-refractivity contribution is 9.10. The largest absolute Gasteiger partial charge is 0.516 e. The van der Waals surface area contributed by atoms with Crippen LogP contribution in [-0.2, 0) is 14.8 Å². The average Bonchev–Trinajstić information content (AvgIpc) is 3.06. The number of anilines is 2. The highest BCUT2D eigenvalue weighted by Gasteiger charge is 2.46. The lowest BCUT2D eigenvalue weighted by Gasteiger charge is -2.27. The number of methoxy groups -OCH3 is 1. The van der Waals surface area contributed by atoms with Gasteiger partial charge in [-0.3, -0.25) is 4.72 Å². The van der Waals surface area contributed by atoms with Crippen LogP contribution in [0.4, 0.5) is 24.8 Å². The topological polar surface area (TPSA) is 107 Å². The van der Waals surface area contributed by atoms with Crippen LogP contribution in [0.3, 0.4) is 0 Å². The molecule has 33 heavy (non-hydrogen) atoms. The number of fused-ring (bicyclic) bond motifs is 1. The van der Waals surface area contributed by atoms with Crippen LogP contribution in [0.15, 0.2) is 16.7 Å². The van der Waals surface area contributed by atoms with E-state index in [1.807, 2.05) is 11.8 Å². The zero-order valence-corrected chi connectivity index (χ0v) is 20.5. The van der Waals surface area contributed by atoms with Crippen LogP contribution in [-0.4, -0.2) is 62.3 Å². The molecule has 0 radical (unpaired) electrons. The lowest BCUT2D eigenvalue weighted by Crippen LogP contribution is -2.37. The zero-order valence-electron chi connectivity index (χ0n) is 17.2. The molecule has 0 atom stereocenters. The van der Waals surface area contributed by atoms with E-state index in [9.17, 15) is 21.6 Å². The van der Waals surface area contributed by atoms with Gasteiger partial charge in [0.1, 0.15) is 11.2 Å². The van der Waals surface area contributed by atoms with E-state index in [2.05, 4.69) is 30.9 Å². The minimum atomic E-state index is -5.68. The van der Waals surface area contributed by atoms with E-state index in [1.165, 1.54) is 35.4 Å². The third-order valence-corrected chi connectivity index (χ3v) is 8.22. The van der Waals surface area contributed by atoms with Gasteiger partial charge < -0.3 is 14.4 Å². The Morgan fingerprint density at radius 2 is 1.97 bits per heavy atom. The number of morpholine rings is 1. The molecule has 3 aromatic rings. The fraction of sp³-hybridized carbons (Fsp3) is 0.389. The number of alkyl halides is 3. The van der Waals surface area contributed by atoms with Gasteiger partial charge >= 0.3 is 15.5 Å². The van der Waals surface area contributed by atoms with Crippen LogP contribution in [0.2, 0.25) is 0 Å². The molecule has 3 aromatic heterocycles. The summed E-state index contributed by atoms with van der Waals surface area (Å²) in [6.45, 7) is 4.05. The molecule has 0 aromatic carbocycles. The van der Waals surface area contributed by atoms with Gasteiger partial charge in [-0.2, -0.15) is 21.6 Å². The third kappa shape index (κ3) is 4.58. The number of hydrogen-bond acceptors (Lipinski definition) is 9. The Hall–Kier alpha value is -2.23. The molecule has 0 bridgehead atoms. The maximum atomic E-state index is 12.9. The summed E-state index contributed by atoms with van der Waals surface area (Å²) in [6.07, 6.45) is 1.36. The Morgan fingerprint density at radius 3 is 2.61 bits per heavy atom. The van der Waals surface area contributed by atoms with E-state index in [0.717, 1.165) is 9.35 Å². The maximum Gasteiger partial charge on any atom is 0.516 e. The zero-order chi connectivity index (χ0) is 24.0. The fourth-order valence-electron chi connectivity index (χ4n) is 3.17. The normalized spacial score (nSPS) is 15.2. The SMILES string of the molecule is COc1ncc(-c2nc(N3CCOCC3)nc3c(Br)c(C)sc23)cc1NS(=O)(=O)C(F)(F)F. The molecule has 1 N–H and O–H groups in total. The smallest absolute Gasteiger partial charge is 0.480 e. The number of aromatic nitrogens is 3. The first-order valence-electron chi connectivity index (χ1n) is 9.44. The predicted molar refractivity (Wildman–Crippen MR) is 121 cm³/mol. The Balaban J connectivity index is 1.88. The average molecular weight is 568 g/mol. The van der Waals surface area contributed by atoms with Gasteiger partial charge in [0.05, 0.1) is 35.2 Å². The molecule has 0 aliphatic carbocycles. The van der Waals surface area contributed by atoms with Gasteiger partial charge in [-0.15, -0.1) is 11.3 Å². The molecule has 1 saturated heterocycles. The van der Waals surface area contributed by atoms with Crippen molar-refractivity contribution in [1.82, 2.24) is 15.0 Å². The number of rotatable bonds is 5. The minimum Gasteiger partial charge on any atom is -0.480 e. The number of pyridine rings is 1. The number of aryl methyl sites for hydroxylation is 1. The summed E-state index contributed by atoms with van der Waals surface area (Å²) >= 11 is 4.94. The first-order valence-corrected chi connectivity index (χ1v) is 12.5. The van der Waals surface area contributed by atoms with Crippen molar-refractivity contribution >= 4 is 59.1 Å². The molecule has 4 heterocycles. The standard InChI is InChI=1S/C18H17BrF3N5O4S2/c1-9-12(19)14-15(32-9)13(24-17(25-14)27-3-5-31-6-4-27)10-7-11(16(30-2)23-8-10)26-33(28,29)18(20,21)22/h7-8,26H,3-6H2,1-2H3. The first-order chi connectivity index (χ1) is 15.5. The molecule has 178 valence electrons. The van der Waals surface area contributed by atoms with Crippen LogP contribution < -0.4 is 14.4 Å². The van der Waals surface area contributed by atoms with Crippen molar-refractivity contribution in [2.45, 2.75) is 12.4 Å². The highest BCUT2D eigenvalue weighted by Crippen LogP contribution is 2.41. The van der Waals surface area contributed by atoms with E-state index in [0.29, 0.717) is 53.7 Å². The summed E-state index contributed by atoms with van der Waals surface area (Å²) < 4.78 is 75.5. The number of ether oxygens (including phenoxy) is 2. The molecule has 0 amide bonds. The fourth-order valence-corrected chi connectivity index (χ4v) is 5.38. The van der Waals surface area contributed by atoms with Crippen LogP contribution >= 0.6 is 27.3 Å². The molecule has 1 aliphatic rings. The second kappa shape index (κ2) is 8.85. The van der Waals surface area contributed by atoms with Gasteiger partial charge in [-0.25, -0.2) is 15.0 Å². The number of halogens is 4. The van der Waals surface area contributed by atoms with Crippen LogP contribution in [0.1, 0.15) is 4.88 Å². The number of nitrogens with zero attached hydrogens (tertiary/aromatic N) is 4. The third-order valence-electron chi connectivity index (χ3n) is 4.79. The quantitative estimate of drug-likeness (QED) is 0.494. The van der Waals surface area contributed by atoms with Crippen molar-refractivity contribution in [1.29, 1.82) is 0 Å². The minimum absolute atomic E-state index is 0.298. The van der Waals surface area contributed by atoms with E-state index in [1.54, 1.807) is 0 Å². The second-order valence-corrected chi connectivity index (χ2v) is 10.6. The summed E-state index contributed by atoms with van der Waals surface area (Å²) in [7, 11) is -4.51. The van der Waals surface area contributed by atoms with Crippen molar-refractivity contribution in [3.8, 4) is 17.1 Å². The van der Waals surface area contributed by atoms with Crippen LogP contribution in [0, 0.1) is 6.92 Å².